The molecule has 0 aromatic heterocycles. The Morgan fingerprint density at radius 1 is 1.38 bits per heavy atom. The average molecular weight is 220 g/mol. The van der Waals surface area contributed by atoms with Crippen LogP contribution in [0.15, 0.2) is 29.4 Å². The van der Waals surface area contributed by atoms with Gasteiger partial charge in [0.05, 0.1) is 7.11 Å². The molecule has 1 aromatic rings. The Bertz CT molecular complexity index is 383. The second kappa shape index (κ2) is 5.90. The van der Waals surface area contributed by atoms with E-state index in [1.165, 1.54) is 0 Å². The lowest BCUT2D eigenvalue weighted by molar-refractivity contribution is 0.0954. The minimum Gasteiger partial charge on any atom is -0.497 e. The highest BCUT2D eigenvalue weighted by molar-refractivity contribution is 5.95. The zero-order chi connectivity index (χ0) is 12.0. The number of nitrogens with zero attached hydrogens (tertiary/aromatic N) is 1. The van der Waals surface area contributed by atoms with Crippen LogP contribution in [0.2, 0.25) is 0 Å². The number of nitrogens with one attached hydrogen (secondary N) is 1. The first-order valence-electron chi connectivity index (χ1n) is 5.15. The lowest BCUT2D eigenvalue weighted by atomic mass is 10.2. The minimum absolute atomic E-state index is 0.213. The lowest BCUT2D eigenvalue weighted by Crippen LogP contribution is -2.18. The summed E-state index contributed by atoms with van der Waals surface area (Å²) in [6.07, 6.45) is 0.822. The Hall–Kier alpha value is -1.84. The van der Waals surface area contributed by atoms with E-state index in [4.69, 9.17) is 4.74 Å². The van der Waals surface area contributed by atoms with Crippen molar-refractivity contribution in [2.75, 3.05) is 7.11 Å². The van der Waals surface area contributed by atoms with Crippen molar-refractivity contribution >= 4 is 11.6 Å². The number of carbonyl (C=O) groups is 1. The second-order valence-corrected chi connectivity index (χ2v) is 3.37. The van der Waals surface area contributed by atoms with Gasteiger partial charge in [0.1, 0.15) is 5.75 Å². The molecule has 0 radical (unpaired) electrons. The number of hydrogen-bond donors (Lipinski definition) is 1. The molecular weight excluding hydrogens is 204 g/mol. The van der Waals surface area contributed by atoms with Crippen molar-refractivity contribution < 1.29 is 9.53 Å². The molecule has 0 heterocycles. The monoisotopic (exact) mass is 220 g/mol. The van der Waals surface area contributed by atoms with Gasteiger partial charge in [-0.1, -0.05) is 6.92 Å². The van der Waals surface area contributed by atoms with E-state index < -0.39 is 0 Å². The Kier molecular flexibility index (Phi) is 4.51. The largest absolute Gasteiger partial charge is 0.497 e. The maximum absolute atomic E-state index is 11.6. The molecule has 1 rings (SSSR count). The zero-order valence-corrected chi connectivity index (χ0v) is 9.78. The number of hydrogen-bond acceptors (Lipinski definition) is 3. The topological polar surface area (TPSA) is 50.7 Å². The molecule has 16 heavy (non-hydrogen) atoms. The summed E-state index contributed by atoms with van der Waals surface area (Å²) in [4.78, 5) is 11.6. The molecule has 1 amide bonds. The van der Waals surface area contributed by atoms with Crippen molar-refractivity contribution in [3.05, 3.63) is 29.8 Å². The normalized spacial score (nSPS) is 11.1. The van der Waals surface area contributed by atoms with Crippen LogP contribution >= 0.6 is 0 Å². The van der Waals surface area contributed by atoms with Crippen molar-refractivity contribution in [2.45, 2.75) is 20.3 Å². The van der Waals surface area contributed by atoms with Crippen molar-refractivity contribution in [1.82, 2.24) is 5.43 Å². The molecule has 0 unspecified atom stereocenters. The van der Waals surface area contributed by atoms with E-state index in [1.54, 1.807) is 31.4 Å². The van der Waals surface area contributed by atoms with Crippen molar-refractivity contribution in [2.24, 2.45) is 5.10 Å². The molecular formula is C12H16N2O2. The summed E-state index contributed by atoms with van der Waals surface area (Å²) in [7, 11) is 1.59. The predicted octanol–water partition coefficient (Wildman–Crippen LogP) is 2.21. The molecule has 1 N–H and O–H groups in total. The van der Waals surface area contributed by atoms with E-state index in [0.717, 1.165) is 17.9 Å². The van der Waals surface area contributed by atoms with Crippen molar-refractivity contribution in [3.8, 4) is 5.75 Å². The lowest BCUT2D eigenvalue weighted by Gasteiger charge is -2.02. The number of ether oxygens (including phenoxy) is 1. The molecule has 86 valence electrons. The number of carbonyl (C=O) groups excluding carboxylic acids is 1. The van der Waals surface area contributed by atoms with E-state index in [0.29, 0.717) is 5.56 Å². The summed E-state index contributed by atoms with van der Waals surface area (Å²) in [6, 6.07) is 6.88. The van der Waals surface area contributed by atoms with Crippen LogP contribution in [-0.4, -0.2) is 18.7 Å². The number of rotatable bonds is 4. The van der Waals surface area contributed by atoms with E-state index in [-0.39, 0.29) is 5.91 Å². The summed E-state index contributed by atoms with van der Waals surface area (Å²) < 4.78 is 5.01. The summed E-state index contributed by atoms with van der Waals surface area (Å²) in [6.45, 7) is 3.85. The smallest absolute Gasteiger partial charge is 0.271 e. The summed E-state index contributed by atoms with van der Waals surface area (Å²) >= 11 is 0. The van der Waals surface area contributed by atoms with Crippen LogP contribution in [0.5, 0.6) is 5.75 Å². The van der Waals surface area contributed by atoms with Crippen LogP contribution in [-0.2, 0) is 0 Å². The average Bonchev–Trinajstić information content (AvgIpc) is 2.35. The SMILES string of the molecule is CC/C(C)=N\NC(=O)c1ccc(OC)cc1. The highest BCUT2D eigenvalue weighted by atomic mass is 16.5. The Morgan fingerprint density at radius 3 is 2.50 bits per heavy atom. The van der Waals surface area contributed by atoms with E-state index in [2.05, 4.69) is 10.5 Å². The number of amides is 1. The Balaban J connectivity index is 2.66. The quantitative estimate of drug-likeness (QED) is 0.624. The highest BCUT2D eigenvalue weighted by Gasteiger charge is 2.03. The van der Waals surface area contributed by atoms with Gasteiger partial charge in [-0.3, -0.25) is 4.79 Å². The molecule has 0 spiro atoms. The van der Waals surface area contributed by atoms with Crippen LogP contribution < -0.4 is 10.2 Å². The zero-order valence-electron chi connectivity index (χ0n) is 9.78. The Labute approximate surface area is 95.3 Å². The standard InChI is InChI=1S/C12H16N2O2/c1-4-9(2)13-14-12(15)10-5-7-11(16-3)8-6-10/h5-8H,4H2,1-3H3,(H,14,15)/b13-9-. The molecule has 0 fully saturated rings. The van der Waals surface area contributed by atoms with Gasteiger partial charge in [-0.15, -0.1) is 0 Å². The van der Waals surface area contributed by atoms with Gasteiger partial charge in [-0.05, 0) is 37.6 Å². The molecule has 0 bridgehead atoms. The third-order valence-corrected chi connectivity index (χ3v) is 2.21. The van der Waals surface area contributed by atoms with Crippen LogP contribution in [0, 0.1) is 0 Å². The first kappa shape index (κ1) is 12.2. The number of methoxy groups -OCH3 is 1. The predicted molar refractivity (Wildman–Crippen MR) is 63.9 cm³/mol. The maximum Gasteiger partial charge on any atom is 0.271 e. The second-order valence-electron chi connectivity index (χ2n) is 3.37. The van der Waals surface area contributed by atoms with E-state index >= 15 is 0 Å². The van der Waals surface area contributed by atoms with Gasteiger partial charge < -0.3 is 4.74 Å². The van der Waals surface area contributed by atoms with Gasteiger partial charge in [0.25, 0.3) is 5.91 Å². The number of hydrazone groups is 1. The molecule has 0 aliphatic rings. The maximum atomic E-state index is 11.6. The van der Waals surface area contributed by atoms with Gasteiger partial charge in [0.2, 0.25) is 0 Å². The molecule has 0 saturated heterocycles. The van der Waals surface area contributed by atoms with Crippen LogP contribution in [0.25, 0.3) is 0 Å². The van der Waals surface area contributed by atoms with Gasteiger partial charge in [-0.2, -0.15) is 5.10 Å². The minimum atomic E-state index is -0.213. The fourth-order valence-corrected chi connectivity index (χ4v) is 1.03. The van der Waals surface area contributed by atoms with Crippen LogP contribution in [0.1, 0.15) is 30.6 Å². The number of benzene rings is 1. The first-order valence-corrected chi connectivity index (χ1v) is 5.15. The third kappa shape index (κ3) is 3.38. The molecule has 0 aliphatic carbocycles. The van der Waals surface area contributed by atoms with Gasteiger partial charge in [0.15, 0.2) is 0 Å². The Morgan fingerprint density at radius 2 is 2.00 bits per heavy atom. The van der Waals surface area contributed by atoms with Crippen LogP contribution in [0.3, 0.4) is 0 Å². The van der Waals surface area contributed by atoms with Crippen molar-refractivity contribution in [3.63, 3.8) is 0 Å². The molecule has 1 aromatic carbocycles. The summed E-state index contributed by atoms with van der Waals surface area (Å²) in [5.41, 5.74) is 3.95. The summed E-state index contributed by atoms with van der Waals surface area (Å²) in [5, 5.41) is 3.95. The fraction of sp³-hybridized carbons (Fsp3) is 0.333. The first-order chi connectivity index (χ1) is 7.67. The fourth-order valence-electron chi connectivity index (χ4n) is 1.03. The molecule has 4 heteroatoms. The molecule has 4 nitrogen and oxygen atoms in total. The van der Waals surface area contributed by atoms with Gasteiger partial charge >= 0.3 is 0 Å². The van der Waals surface area contributed by atoms with Crippen LogP contribution in [0.4, 0.5) is 0 Å². The molecule has 0 atom stereocenters. The summed E-state index contributed by atoms with van der Waals surface area (Å²) in [5.74, 6) is 0.514. The van der Waals surface area contributed by atoms with Gasteiger partial charge in [0, 0.05) is 11.3 Å². The van der Waals surface area contributed by atoms with E-state index in [9.17, 15) is 4.79 Å². The van der Waals surface area contributed by atoms with Crippen molar-refractivity contribution in [1.29, 1.82) is 0 Å². The van der Waals surface area contributed by atoms with E-state index in [1.807, 2.05) is 13.8 Å². The molecule has 0 aliphatic heterocycles. The van der Waals surface area contributed by atoms with Gasteiger partial charge in [-0.25, -0.2) is 5.43 Å². The third-order valence-electron chi connectivity index (χ3n) is 2.21. The molecule has 0 saturated carbocycles. The highest BCUT2D eigenvalue weighted by Crippen LogP contribution is 2.10.